The van der Waals surface area contributed by atoms with Gasteiger partial charge in [-0.3, -0.25) is 4.79 Å². The van der Waals surface area contributed by atoms with E-state index >= 15 is 0 Å². The average molecular weight is 385 g/mol. The van der Waals surface area contributed by atoms with E-state index in [4.69, 9.17) is 0 Å². The average Bonchev–Trinajstić information content (AvgIpc) is 2.70. The molecule has 0 fully saturated rings. The molecule has 1 atom stereocenters. The summed E-state index contributed by atoms with van der Waals surface area (Å²) >= 11 is 0. The second kappa shape index (κ2) is 8.50. The summed E-state index contributed by atoms with van der Waals surface area (Å²) in [7, 11) is -2.03. The molecule has 6 heteroatoms. The number of carbonyl (C=O) groups excluding carboxylic acids is 1. The van der Waals surface area contributed by atoms with Crippen molar-refractivity contribution in [2.75, 3.05) is 12.4 Å². The van der Waals surface area contributed by atoms with Crippen molar-refractivity contribution in [2.45, 2.75) is 30.7 Å². The fourth-order valence-corrected chi connectivity index (χ4v) is 4.25. The summed E-state index contributed by atoms with van der Waals surface area (Å²) in [4.78, 5) is 12.5. The van der Waals surface area contributed by atoms with E-state index in [1.165, 1.54) is 16.4 Å². The molecule has 0 radical (unpaired) electrons. The number of hydrogen-bond donors (Lipinski definition) is 1. The summed E-state index contributed by atoms with van der Waals surface area (Å²) in [5, 5.41) is 2.88. The highest BCUT2D eigenvalue weighted by molar-refractivity contribution is 7.89. The molecule has 0 saturated carbocycles. The normalized spacial score (nSPS) is 17.0. The molecule has 0 aliphatic heterocycles. The van der Waals surface area contributed by atoms with Gasteiger partial charge >= 0.3 is 0 Å². The molecule has 142 valence electrons. The third-order valence-electron chi connectivity index (χ3n) is 4.72. The zero-order chi connectivity index (χ0) is 19.3. The number of rotatable bonds is 6. The topological polar surface area (TPSA) is 66.5 Å². The largest absolute Gasteiger partial charge is 0.326 e. The van der Waals surface area contributed by atoms with Gasteiger partial charge in [0.15, 0.2) is 0 Å². The number of sulfonamides is 1. The Bertz CT molecular complexity index is 906. The van der Waals surface area contributed by atoms with Gasteiger partial charge in [-0.25, -0.2) is 8.42 Å². The number of nitrogens with one attached hydrogen (secondary N) is 1. The standard InChI is InChI=1S/C21H24N2O3S/c1-23(16-17-8-4-2-5-9-17)27(25,26)20-14-12-19(13-15-20)22-21(24)18-10-6-3-7-11-18/h2-6,8-9,12-15,18H,7,10-11,16H2,1H3,(H,22,24). The predicted octanol–water partition coefficient (Wildman–Crippen LogP) is 3.80. The summed E-state index contributed by atoms with van der Waals surface area (Å²) in [6.45, 7) is 0.302. The minimum atomic E-state index is -3.59. The Balaban J connectivity index is 1.66. The third kappa shape index (κ3) is 4.84. The Morgan fingerprint density at radius 1 is 1.07 bits per heavy atom. The van der Waals surface area contributed by atoms with Crippen molar-refractivity contribution >= 4 is 21.6 Å². The van der Waals surface area contributed by atoms with Crippen LogP contribution in [0.25, 0.3) is 0 Å². The molecular weight excluding hydrogens is 360 g/mol. The molecule has 0 spiro atoms. The predicted molar refractivity (Wildman–Crippen MR) is 107 cm³/mol. The number of anilines is 1. The molecule has 27 heavy (non-hydrogen) atoms. The monoisotopic (exact) mass is 384 g/mol. The number of amides is 1. The summed E-state index contributed by atoms with van der Waals surface area (Å²) in [6.07, 6.45) is 6.64. The first-order valence-corrected chi connectivity index (χ1v) is 10.5. The summed E-state index contributed by atoms with van der Waals surface area (Å²) in [6, 6.07) is 15.8. The van der Waals surface area contributed by atoms with Gasteiger partial charge in [0.05, 0.1) is 4.90 Å². The second-order valence-electron chi connectivity index (χ2n) is 6.74. The molecule has 1 aliphatic carbocycles. The lowest BCUT2D eigenvalue weighted by Gasteiger charge is -2.19. The molecular formula is C21H24N2O3S. The SMILES string of the molecule is CN(Cc1ccccc1)S(=O)(=O)c1ccc(NC(=O)C2CC=CCC2)cc1. The van der Waals surface area contributed by atoms with Gasteiger partial charge in [-0.05, 0) is 49.1 Å². The Morgan fingerprint density at radius 2 is 1.78 bits per heavy atom. The van der Waals surface area contributed by atoms with Crippen LogP contribution >= 0.6 is 0 Å². The Kier molecular flexibility index (Phi) is 6.08. The van der Waals surface area contributed by atoms with E-state index in [-0.39, 0.29) is 16.7 Å². The summed E-state index contributed by atoms with van der Waals surface area (Å²) < 4.78 is 26.8. The fraction of sp³-hybridized carbons (Fsp3) is 0.286. The Morgan fingerprint density at radius 3 is 2.41 bits per heavy atom. The minimum Gasteiger partial charge on any atom is -0.326 e. The molecule has 2 aromatic carbocycles. The quantitative estimate of drug-likeness (QED) is 0.771. The van der Waals surface area contributed by atoms with Gasteiger partial charge in [-0.15, -0.1) is 0 Å². The molecule has 1 amide bonds. The van der Waals surface area contributed by atoms with Crippen molar-refractivity contribution in [3.05, 3.63) is 72.3 Å². The summed E-state index contributed by atoms with van der Waals surface area (Å²) in [5.74, 6) is -0.0356. The third-order valence-corrected chi connectivity index (χ3v) is 6.54. The maximum absolute atomic E-state index is 12.7. The van der Waals surface area contributed by atoms with Gasteiger partial charge in [-0.2, -0.15) is 4.31 Å². The smallest absolute Gasteiger partial charge is 0.243 e. The van der Waals surface area contributed by atoms with E-state index in [9.17, 15) is 13.2 Å². The molecule has 1 unspecified atom stereocenters. The molecule has 0 bridgehead atoms. The van der Waals surface area contributed by atoms with Crippen LogP contribution in [0.5, 0.6) is 0 Å². The van der Waals surface area contributed by atoms with E-state index in [1.807, 2.05) is 36.4 Å². The maximum Gasteiger partial charge on any atom is 0.243 e. The molecule has 5 nitrogen and oxygen atoms in total. The zero-order valence-electron chi connectivity index (χ0n) is 15.3. The Labute approximate surface area is 160 Å². The lowest BCUT2D eigenvalue weighted by molar-refractivity contribution is -0.120. The molecule has 0 heterocycles. The van der Waals surface area contributed by atoms with Crippen molar-refractivity contribution in [3.8, 4) is 0 Å². The zero-order valence-corrected chi connectivity index (χ0v) is 16.2. The van der Waals surface area contributed by atoms with Crippen molar-refractivity contribution in [2.24, 2.45) is 5.92 Å². The van der Waals surface area contributed by atoms with E-state index in [2.05, 4.69) is 11.4 Å². The van der Waals surface area contributed by atoms with E-state index in [1.54, 1.807) is 19.2 Å². The van der Waals surface area contributed by atoms with Crippen LogP contribution in [0.15, 0.2) is 71.6 Å². The van der Waals surface area contributed by atoms with Crippen LogP contribution < -0.4 is 5.32 Å². The maximum atomic E-state index is 12.7. The highest BCUT2D eigenvalue weighted by atomic mass is 32.2. The first kappa shape index (κ1) is 19.3. The molecule has 1 N–H and O–H groups in total. The number of benzene rings is 2. The van der Waals surface area contributed by atoms with Crippen molar-refractivity contribution in [1.82, 2.24) is 4.31 Å². The van der Waals surface area contributed by atoms with Crippen LogP contribution in [0.3, 0.4) is 0 Å². The van der Waals surface area contributed by atoms with Gasteiger partial charge in [0.1, 0.15) is 0 Å². The molecule has 3 rings (SSSR count). The van der Waals surface area contributed by atoms with E-state index in [0.29, 0.717) is 12.2 Å². The number of allylic oxidation sites excluding steroid dienone is 2. The van der Waals surface area contributed by atoms with Crippen LogP contribution in [0.2, 0.25) is 0 Å². The van der Waals surface area contributed by atoms with Gasteiger partial charge in [0.25, 0.3) is 0 Å². The minimum absolute atomic E-state index is 0.0175. The van der Waals surface area contributed by atoms with Crippen LogP contribution in [-0.4, -0.2) is 25.7 Å². The highest BCUT2D eigenvalue weighted by Crippen LogP contribution is 2.22. The fourth-order valence-electron chi connectivity index (χ4n) is 3.09. The van der Waals surface area contributed by atoms with Crippen molar-refractivity contribution < 1.29 is 13.2 Å². The number of carbonyl (C=O) groups is 1. The van der Waals surface area contributed by atoms with E-state index in [0.717, 1.165) is 24.8 Å². The lowest BCUT2D eigenvalue weighted by atomic mass is 9.93. The molecule has 1 aliphatic rings. The number of hydrogen-bond acceptors (Lipinski definition) is 3. The van der Waals surface area contributed by atoms with Crippen molar-refractivity contribution in [1.29, 1.82) is 0 Å². The number of nitrogens with zero attached hydrogens (tertiary/aromatic N) is 1. The summed E-state index contributed by atoms with van der Waals surface area (Å²) in [5.41, 5.74) is 1.54. The van der Waals surface area contributed by atoms with Gasteiger partial charge < -0.3 is 5.32 Å². The molecule has 0 saturated heterocycles. The van der Waals surface area contributed by atoms with Gasteiger partial charge in [-0.1, -0.05) is 42.5 Å². The van der Waals surface area contributed by atoms with Crippen LogP contribution in [0.1, 0.15) is 24.8 Å². The first-order valence-electron chi connectivity index (χ1n) is 9.03. The van der Waals surface area contributed by atoms with Crippen molar-refractivity contribution in [3.63, 3.8) is 0 Å². The second-order valence-corrected chi connectivity index (χ2v) is 8.79. The molecule has 0 aromatic heterocycles. The van der Waals surface area contributed by atoms with Crippen LogP contribution in [-0.2, 0) is 21.4 Å². The lowest BCUT2D eigenvalue weighted by Crippen LogP contribution is -2.26. The highest BCUT2D eigenvalue weighted by Gasteiger charge is 2.22. The molecule has 2 aromatic rings. The van der Waals surface area contributed by atoms with Gasteiger partial charge in [0, 0.05) is 25.2 Å². The van der Waals surface area contributed by atoms with Gasteiger partial charge in [0.2, 0.25) is 15.9 Å². The first-order chi connectivity index (χ1) is 13.0. The van der Waals surface area contributed by atoms with E-state index < -0.39 is 10.0 Å². The Hall–Kier alpha value is -2.44. The van der Waals surface area contributed by atoms with Crippen LogP contribution in [0.4, 0.5) is 5.69 Å². The van der Waals surface area contributed by atoms with Crippen LogP contribution in [0, 0.1) is 5.92 Å².